The van der Waals surface area contributed by atoms with Crippen molar-refractivity contribution in [3.63, 3.8) is 0 Å². The zero-order valence-corrected chi connectivity index (χ0v) is 12.1. The molecular weight excluding hydrogens is 242 g/mol. The summed E-state index contributed by atoms with van der Waals surface area (Å²) in [5, 5.41) is 5.53. The van der Waals surface area contributed by atoms with Crippen LogP contribution in [0.5, 0.6) is 0 Å². The molecule has 0 radical (unpaired) electrons. The van der Waals surface area contributed by atoms with Crippen LogP contribution in [0.2, 0.25) is 0 Å². The lowest BCUT2D eigenvalue weighted by atomic mass is 9.84. The smallest absolute Gasteiger partial charge is 0.242 e. The highest BCUT2D eigenvalue weighted by molar-refractivity contribution is 5.87. The lowest BCUT2D eigenvalue weighted by molar-refractivity contribution is -0.129. The maximum atomic E-state index is 11.9. The van der Waals surface area contributed by atoms with Crippen molar-refractivity contribution in [3.05, 3.63) is 0 Å². The van der Waals surface area contributed by atoms with E-state index >= 15 is 0 Å². The van der Waals surface area contributed by atoms with Gasteiger partial charge in [-0.2, -0.15) is 0 Å². The number of amides is 2. The monoisotopic (exact) mass is 269 g/mol. The zero-order chi connectivity index (χ0) is 14.3. The van der Waals surface area contributed by atoms with Gasteiger partial charge in [0.2, 0.25) is 11.8 Å². The van der Waals surface area contributed by atoms with E-state index in [-0.39, 0.29) is 17.9 Å². The van der Waals surface area contributed by atoms with Gasteiger partial charge < -0.3 is 16.4 Å². The summed E-state index contributed by atoms with van der Waals surface area (Å²) in [6, 6.07) is -0.229. The van der Waals surface area contributed by atoms with E-state index in [2.05, 4.69) is 10.6 Å². The number of hydrogen-bond acceptors (Lipinski definition) is 3. The molecule has 19 heavy (non-hydrogen) atoms. The number of hydrogen-bond donors (Lipinski definition) is 3. The molecule has 110 valence electrons. The molecule has 0 aliphatic heterocycles. The Labute approximate surface area is 115 Å². The average Bonchev–Trinajstić information content (AvgIpc) is 2.35. The highest BCUT2D eigenvalue weighted by Crippen LogP contribution is 2.25. The van der Waals surface area contributed by atoms with Crippen LogP contribution in [0, 0.1) is 5.92 Å². The van der Waals surface area contributed by atoms with E-state index in [1.165, 1.54) is 0 Å². The Bertz CT molecular complexity index is 307. The summed E-state index contributed by atoms with van der Waals surface area (Å²) in [7, 11) is 0. The van der Waals surface area contributed by atoms with Crippen LogP contribution in [0.3, 0.4) is 0 Å². The van der Waals surface area contributed by atoms with Gasteiger partial charge in [-0.05, 0) is 38.5 Å². The van der Waals surface area contributed by atoms with Gasteiger partial charge in [0, 0.05) is 19.0 Å². The molecule has 2 amide bonds. The predicted octanol–water partition coefficient (Wildman–Crippen LogP) is 0.925. The quantitative estimate of drug-likeness (QED) is 0.670. The van der Waals surface area contributed by atoms with Crippen molar-refractivity contribution in [2.75, 3.05) is 6.54 Å². The van der Waals surface area contributed by atoms with E-state index in [4.69, 9.17) is 5.73 Å². The van der Waals surface area contributed by atoms with E-state index in [1.54, 1.807) is 6.92 Å². The molecule has 0 spiro atoms. The molecule has 4 N–H and O–H groups in total. The Hall–Kier alpha value is -1.10. The van der Waals surface area contributed by atoms with E-state index in [0.717, 1.165) is 32.1 Å². The first-order valence-corrected chi connectivity index (χ1v) is 7.35. The van der Waals surface area contributed by atoms with Gasteiger partial charge in [-0.3, -0.25) is 9.59 Å². The van der Waals surface area contributed by atoms with E-state index < -0.39 is 6.04 Å². The molecule has 1 rings (SSSR count). The van der Waals surface area contributed by atoms with Gasteiger partial charge in [-0.1, -0.05) is 13.3 Å². The molecule has 1 aliphatic rings. The molecule has 0 heterocycles. The van der Waals surface area contributed by atoms with Crippen molar-refractivity contribution in [2.45, 2.75) is 64.5 Å². The summed E-state index contributed by atoms with van der Waals surface area (Å²) >= 11 is 0. The van der Waals surface area contributed by atoms with E-state index in [1.807, 2.05) is 6.92 Å². The van der Waals surface area contributed by atoms with Gasteiger partial charge in [0.05, 0.1) is 0 Å². The minimum Gasteiger partial charge on any atom is -0.354 e. The summed E-state index contributed by atoms with van der Waals surface area (Å²) in [4.78, 5) is 23.5. The normalized spacial score (nSPS) is 24.6. The number of carbonyl (C=O) groups is 2. The molecule has 5 nitrogen and oxygen atoms in total. The van der Waals surface area contributed by atoms with E-state index in [0.29, 0.717) is 18.9 Å². The Morgan fingerprint density at radius 1 is 1.37 bits per heavy atom. The predicted molar refractivity (Wildman–Crippen MR) is 75.5 cm³/mol. The van der Waals surface area contributed by atoms with Crippen molar-refractivity contribution in [1.82, 2.24) is 10.6 Å². The minimum absolute atomic E-state index is 0.0433. The first kappa shape index (κ1) is 16.0. The van der Waals surface area contributed by atoms with Gasteiger partial charge in [-0.15, -0.1) is 0 Å². The Balaban J connectivity index is 2.27. The standard InChI is InChI=1S/C14H27N3O2/c1-3-7-16-14(19)10(2)17-13(18)9-11-5-4-6-12(15)8-11/h10-12H,3-9,15H2,1-2H3,(H,16,19)(H,17,18). The third kappa shape index (κ3) is 6.05. The van der Waals surface area contributed by atoms with Crippen LogP contribution in [0.4, 0.5) is 0 Å². The lowest BCUT2D eigenvalue weighted by Crippen LogP contribution is -2.45. The van der Waals surface area contributed by atoms with Gasteiger partial charge in [0.15, 0.2) is 0 Å². The fourth-order valence-corrected chi connectivity index (χ4v) is 2.55. The Kier molecular flexibility index (Phi) is 6.84. The lowest BCUT2D eigenvalue weighted by Gasteiger charge is -2.26. The second-order valence-corrected chi connectivity index (χ2v) is 5.58. The summed E-state index contributed by atoms with van der Waals surface area (Å²) < 4.78 is 0. The maximum absolute atomic E-state index is 11.9. The molecule has 1 saturated carbocycles. The van der Waals surface area contributed by atoms with Crippen LogP contribution >= 0.6 is 0 Å². The van der Waals surface area contributed by atoms with Gasteiger partial charge in [0.1, 0.15) is 6.04 Å². The van der Waals surface area contributed by atoms with Gasteiger partial charge in [0.25, 0.3) is 0 Å². The first-order chi connectivity index (χ1) is 9.02. The summed E-state index contributed by atoms with van der Waals surface area (Å²) in [5.41, 5.74) is 5.91. The second-order valence-electron chi connectivity index (χ2n) is 5.58. The number of nitrogens with one attached hydrogen (secondary N) is 2. The van der Waals surface area contributed by atoms with E-state index in [9.17, 15) is 9.59 Å². The van der Waals surface area contributed by atoms with Gasteiger partial charge >= 0.3 is 0 Å². The van der Waals surface area contributed by atoms with Crippen LogP contribution < -0.4 is 16.4 Å². The highest BCUT2D eigenvalue weighted by Gasteiger charge is 2.23. The molecule has 3 unspecified atom stereocenters. The Morgan fingerprint density at radius 3 is 2.74 bits per heavy atom. The molecule has 3 atom stereocenters. The topological polar surface area (TPSA) is 84.2 Å². The largest absolute Gasteiger partial charge is 0.354 e. The molecule has 0 bridgehead atoms. The molecular formula is C14H27N3O2. The average molecular weight is 269 g/mol. The summed E-state index contributed by atoms with van der Waals surface area (Å²) in [6.07, 6.45) is 5.53. The molecule has 1 fully saturated rings. The second kappa shape index (κ2) is 8.15. The molecule has 0 aromatic carbocycles. The third-order valence-electron chi connectivity index (χ3n) is 3.62. The fourth-order valence-electron chi connectivity index (χ4n) is 2.55. The third-order valence-corrected chi connectivity index (χ3v) is 3.62. The molecule has 0 aromatic rings. The number of rotatable bonds is 6. The highest BCUT2D eigenvalue weighted by atomic mass is 16.2. The first-order valence-electron chi connectivity index (χ1n) is 7.35. The summed E-state index contributed by atoms with van der Waals surface area (Å²) in [6.45, 7) is 4.36. The van der Waals surface area contributed by atoms with Crippen molar-refractivity contribution in [1.29, 1.82) is 0 Å². The van der Waals surface area contributed by atoms with Crippen molar-refractivity contribution < 1.29 is 9.59 Å². The number of carbonyl (C=O) groups excluding carboxylic acids is 2. The fraction of sp³-hybridized carbons (Fsp3) is 0.857. The van der Waals surface area contributed by atoms with Crippen molar-refractivity contribution in [2.24, 2.45) is 11.7 Å². The Morgan fingerprint density at radius 2 is 2.11 bits per heavy atom. The SMILES string of the molecule is CCCNC(=O)C(C)NC(=O)CC1CCCC(N)C1. The van der Waals surface area contributed by atoms with Crippen molar-refractivity contribution >= 4 is 11.8 Å². The van der Waals surface area contributed by atoms with Crippen LogP contribution in [0.15, 0.2) is 0 Å². The molecule has 1 aliphatic carbocycles. The van der Waals surface area contributed by atoms with Crippen LogP contribution in [-0.4, -0.2) is 30.4 Å². The van der Waals surface area contributed by atoms with Gasteiger partial charge in [-0.25, -0.2) is 0 Å². The van der Waals surface area contributed by atoms with Crippen LogP contribution in [0.1, 0.15) is 52.4 Å². The maximum Gasteiger partial charge on any atom is 0.242 e. The molecule has 5 heteroatoms. The van der Waals surface area contributed by atoms with Crippen LogP contribution in [-0.2, 0) is 9.59 Å². The molecule has 0 aromatic heterocycles. The zero-order valence-electron chi connectivity index (χ0n) is 12.1. The summed E-state index contributed by atoms with van der Waals surface area (Å²) in [5.74, 6) is 0.212. The number of nitrogens with two attached hydrogens (primary N) is 1. The molecule has 0 saturated heterocycles. The minimum atomic E-state index is -0.462. The van der Waals surface area contributed by atoms with Crippen LogP contribution in [0.25, 0.3) is 0 Å². The van der Waals surface area contributed by atoms with Crippen molar-refractivity contribution in [3.8, 4) is 0 Å².